The van der Waals surface area contributed by atoms with Crippen molar-refractivity contribution in [3.63, 3.8) is 0 Å². The SMILES string of the molecule is O=C1Cc2cc(Cl)ccc2N1C(=O)Nc1ncccn1. The highest BCUT2D eigenvalue weighted by Crippen LogP contribution is 2.31. The second-order valence-electron chi connectivity index (χ2n) is 4.18. The number of anilines is 2. The zero-order valence-electron chi connectivity index (χ0n) is 10.2. The van der Waals surface area contributed by atoms with Crippen LogP contribution in [0.1, 0.15) is 5.56 Å². The van der Waals surface area contributed by atoms with Gasteiger partial charge in [0.05, 0.1) is 12.1 Å². The van der Waals surface area contributed by atoms with Crippen LogP contribution in [0.25, 0.3) is 0 Å². The van der Waals surface area contributed by atoms with Gasteiger partial charge in [0.15, 0.2) is 0 Å². The lowest BCUT2D eigenvalue weighted by Gasteiger charge is -2.15. The molecule has 2 heterocycles. The van der Waals surface area contributed by atoms with Crippen molar-refractivity contribution >= 4 is 35.2 Å². The molecule has 1 aromatic heterocycles. The predicted octanol–water partition coefficient (Wildman–Crippen LogP) is 2.25. The van der Waals surface area contributed by atoms with Crippen LogP contribution in [0, 0.1) is 0 Å². The van der Waals surface area contributed by atoms with E-state index in [9.17, 15) is 9.59 Å². The van der Waals surface area contributed by atoms with Gasteiger partial charge in [-0.05, 0) is 29.8 Å². The summed E-state index contributed by atoms with van der Waals surface area (Å²) >= 11 is 5.88. The number of rotatable bonds is 1. The van der Waals surface area contributed by atoms with Crippen LogP contribution in [0.5, 0.6) is 0 Å². The van der Waals surface area contributed by atoms with E-state index in [1.54, 1.807) is 24.3 Å². The summed E-state index contributed by atoms with van der Waals surface area (Å²) in [6, 6.07) is 6.02. The summed E-state index contributed by atoms with van der Waals surface area (Å²) < 4.78 is 0. The fraction of sp³-hybridized carbons (Fsp3) is 0.0769. The monoisotopic (exact) mass is 288 g/mol. The molecule has 20 heavy (non-hydrogen) atoms. The molecule has 7 heteroatoms. The minimum absolute atomic E-state index is 0.146. The summed E-state index contributed by atoms with van der Waals surface area (Å²) in [5.74, 6) is -0.164. The van der Waals surface area contributed by atoms with Gasteiger partial charge in [0.25, 0.3) is 0 Å². The molecule has 100 valence electrons. The molecule has 1 aliphatic heterocycles. The Morgan fingerprint density at radius 2 is 2.05 bits per heavy atom. The number of hydrogen-bond donors (Lipinski definition) is 1. The smallest absolute Gasteiger partial charge is 0.275 e. The van der Waals surface area contributed by atoms with Crippen LogP contribution in [0.2, 0.25) is 5.02 Å². The number of carbonyl (C=O) groups is 2. The van der Waals surface area contributed by atoms with E-state index in [4.69, 9.17) is 11.6 Å². The van der Waals surface area contributed by atoms with E-state index in [0.717, 1.165) is 10.5 Å². The van der Waals surface area contributed by atoms with Crippen molar-refractivity contribution in [3.8, 4) is 0 Å². The first-order chi connectivity index (χ1) is 9.65. The Bertz CT molecular complexity index is 690. The van der Waals surface area contributed by atoms with E-state index in [1.807, 2.05) is 0 Å². The number of carbonyl (C=O) groups excluding carboxylic acids is 2. The summed E-state index contributed by atoms with van der Waals surface area (Å²) in [6.45, 7) is 0. The molecule has 1 aromatic carbocycles. The number of halogens is 1. The first-order valence-corrected chi connectivity index (χ1v) is 6.22. The molecule has 0 fully saturated rings. The molecule has 0 radical (unpaired) electrons. The maximum Gasteiger partial charge on any atom is 0.335 e. The van der Waals surface area contributed by atoms with Gasteiger partial charge in [-0.3, -0.25) is 10.1 Å². The quantitative estimate of drug-likeness (QED) is 0.873. The van der Waals surface area contributed by atoms with Gasteiger partial charge in [0, 0.05) is 17.4 Å². The molecule has 0 aliphatic carbocycles. The first-order valence-electron chi connectivity index (χ1n) is 5.84. The molecule has 0 saturated carbocycles. The van der Waals surface area contributed by atoms with Crippen molar-refractivity contribution < 1.29 is 9.59 Å². The molecule has 3 rings (SSSR count). The topological polar surface area (TPSA) is 75.2 Å². The highest BCUT2D eigenvalue weighted by atomic mass is 35.5. The molecule has 3 amide bonds. The summed E-state index contributed by atoms with van der Waals surface area (Å²) in [5, 5.41) is 3.01. The second-order valence-corrected chi connectivity index (χ2v) is 4.62. The first kappa shape index (κ1) is 12.6. The molecule has 2 aromatic rings. The average molecular weight is 289 g/mol. The summed E-state index contributed by atoms with van der Waals surface area (Å²) in [7, 11) is 0. The number of imide groups is 1. The predicted molar refractivity (Wildman–Crippen MR) is 73.7 cm³/mol. The molecule has 0 unspecified atom stereocenters. The van der Waals surface area contributed by atoms with Crippen LogP contribution < -0.4 is 10.2 Å². The Balaban J connectivity index is 1.88. The van der Waals surface area contributed by atoms with Gasteiger partial charge in [-0.15, -0.1) is 0 Å². The van der Waals surface area contributed by atoms with E-state index >= 15 is 0 Å². The second kappa shape index (κ2) is 4.90. The Morgan fingerprint density at radius 1 is 1.30 bits per heavy atom. The number of benzene rings is 1. The minimum Gasteiger partial charge on any atom is -0.275 e. The zero-order chi connectivity index (χ0) is 14.1. The van der Waals surface area contributed by atoms with Crippen molar-refractivity contribution in [1.82, 2.24) is 9.97 Å². The number of nitrogens with zero attached hydrogens (tertiary/aromatic N) is 3. The maximum absolute atomic E-state index is 12.2. The lowest BCUT2D eigenvalue weighted by atomic mass is 10.2. The standard InChI is InChI=1S/C13H9ClN4O2/c14-9-2-3-10-8(6-9)7-11(19)18(10)13(20)17-12-15-4-1-5-16-12/h1-6H,7H2,(H,15,16,17,20). The van der Waals surface area contributed by atoms with E-state index in [0.29, 0.717) is 10.7 Å². The van der Waals surface area contributed by atoms with E-state index in [1.165, 1.54) is 12.4 Å². The Morgan fingerprint density at radius 3 is 2.80 bits per heavy atom. The number of hydrogen-bond acceptors (Lipinski definition) is 4. The van der Waals surface area contributed by atoms with Crippen LogP contribution >= 0.6 is 11.6 Å². The fourth-order valence-electron chi connectivity index (χ4n) is 2.03. The lowest BCUT2D eigenvalue weighted by Crippen LogP contribution is -2.37. The number of amides is 3. The molecule has 1 N–H and O–H groups in total. The molecular formula is C13H9ClN4O2. The van der Waals surface area contributed by atoms with Crippen LogP contribution in [-0.2, 0) is 11.2 Å². The molecule has 6 nitrogen and oxygen atoms in total. The maximum atomic E-state index is 12.2. The third-order valence-electron chi connectivity index (χ3n) is 2.86. The highest BCUT2D eigenvalue weighted by molar-refractivity contribution is 6.31. The Kier molecular flexibility index (Phi) is 3.08. The van der Waals surface area contributed by atoms with Crippen LogP contribution in [0.3, 0.4) is 0 Å². The fourth-order valence-corrected chi connectivity index (χ4v) is 2.22. The normalized spacial score (nSPS) is 13.2. The van der Waals surface area contributed by atoms with E-state index < -0.39 is 6.03 Å². The van der Waals surface area contributed by atoms with Gasteiger partial charge in [0.2, 0.25) is 11.9 Å². The van der Waals surface area contributed by atoms with Crippen molar-refractivity contribution in [1.29, 1.82) is 0 Å². The third kappa shape index (κ3) is 2.21. The van der Waals surface area contributed by atoms with E-state index in [2.05, 4.69) is 15.3 Å². The number of urea groups is 1. The number of fused-ring (bicyclic) bond motifs is 1. The summed E-state index contributed by atoms with van der Waals surface area (Å²) in [5.41, 5.74) is 1.26. The van der Waals surface area contributed by atoms with Gasteiger partial charge >= 0.3 is 6.03 Å². The lowest BCUT2D eigenvalue weighted by molar-refractivity contribution is -0.116. The Labute approximate surface area is 119 Å². The molecule has 0 saturated heterocycles. The molecular weight excluding hydrogens is 280 g/mol. The van der Waals surface area contributed by atoms with Crippen LogP contribution in [0.15, 0.2) is 36.7 Å². The minimum atomic E-state index is -0.581. The third-order valence-corrected chi connectivity index (χ3v) is 3.10. The molecule has 0 bridgehead atoms. The molecule has 0 spiro atoms. The van der Waals surface area contributed by atoms with Gasteiger partial charge in [0.1, 0.15) is 0 Å². The zero-order valence-corrected chi connectivity index (χ0v) is 11.0. The van der Waals surface area contributed by atoms with Gasteiger partial charge in [-0.2, -0.15) is 0 Å². The van der Waals surface area contributed by atoms with Gasteiger partial charge in [-0.1, -0.05) is 11.6 Å². The van der Waals surface area contributed by atoms with Crippen molar-refractivity contribution in [3.05, 3.63) is 47.2 Å². The van der Waals surface area contributed by atoms with E-state index in [-0.39, 0.29) is 18.3 Å². The highest BCUT2D eigenvalue weighted by Gasteiger charge is 2.32. The van der Waals surface area contributed by atoms with Gasteiger partial charge < -0.3 is 0 Å². The number of nitrogens with one attached hydrogen (secondary N) is 1. The van der Waals surface area contributed by atoms with Crippen molar-refractivity contribution in [2.75, 3.05) is 10.2 Å². The van der Waals surface area contributed by atoms with Crippen LogP contribution in [0.4, 0.5) is 16.4 Å². The van der Waals surface area contributed by atoms with Gasteiger partial charge in [-0.25, -0.2) is 19.7 Å². The average Bonchev–Trinajstić information content (AvgIpc) is 2.74. The molecule has 1 aliphatic rings. The summed E-state index contributed by atoms with van der Waals surface area (Å²) in [4.78, 5) is 32.9. The molecule has 0 atom stereocenters. The Hall–Kier alpha value is -2.47. The van der Waals surface area contributed by atoms with Crippen LogP contribution in [-0.4, -0.2) is 21.9 Å². The largest absolute Gasteiger partial charge is 0.335 e. The van der Waals surface area contributed by atoms with Crippen molar-refractivity contribution in [2.45, 2.75) is 6.42 Å². The van der Waals surface area contributed by atoms with Crippen molar-refractivity contribution in [2.24, 2.45) is 0 Å². The summed E-state index contributed by atoms with van der Waals surface area (Å²) in [6.07, 6.45) is 3.16. The number of aromatic nitrogens is 2.